The molecule has 1 amide bonds. The van der Waals surface area contributed by atoms with Crippen LogP contribution in [0.25, 0.3) is 22.2 Å². The first-order chi connectivity index (χ1) is 13.5. The lowest BCUT2D eigenvalue weighted by Crippen LogP contribution is -2.17. The van der Waals surface area contributed by atoms with E-state index in [1.54, 1.807) is 12.1 Å². The summed E-state index contributed by atoms with van der Waals surface area (Å²) in [6.07, 6.45) is 0. The van der Waals surface area contributed by atoms with E-state index in [1.807, 2.05) is 43.3 Å². The number of aryl methyl sites for hydroxylation is 1. The van der Waals surface area contributed by atoms with Crippen molar-refractivity contribution in [3.05, 3.63) is 59.7 Å². The highest BCUT2D eigenvalue weighted by Crippen LogP contribution is 2.26. The minimum Gasteiger partial charge on any atom is -0.483 e. The van der Waals surface area contributed by atoms with E-state index in [9.17, 15) is 4.79 Å². The van der Waals surface area contributed by atoms with Gasteiger partial charge >= 0.3 is 0 Å². The molecule has 0 radical (unpaired) electrons. The third-order valence-electron chi connectivity index (χ3n) is 3.89. The van der Waals surface area contributed by atoms with Crippen molar-refractivity contribution in [1.29, 1.82) is 5.26 Å². The second-order valence-corrected chi connectivity index (χ2v) is 5.83. The Morgan fingerprint density at radius 3 is 2.54 bits per heavy atom. The van der Waals surface area contributed by atoms with Crippen LogP contribution in [0.15, 0.2) is 48.5 Å². The number of aromatic nitrogens is 1. The number of nitriles is 1. The fourth-order valence-electron chi connectivity index (χ4n) is 2.67. The van der Waals surface area contributed by atoms with E-state index >= 15 is 0 Å². The molecule has 0 aliphatic heterocycles. The zero-order valence-electron chi connectivity index (χ0n) is 15.5. The van der Waals surface area contributed by atoms with E-state index < -0.39 is 0 Å². The number of hydrogen-bond acceptors (Lipinski definition) is 5. The minimum atomic E-state index is -0.250. The molecule has 0 fully saturated rings. The van der Waals surface area contributed by atoms with Crippen LogP contribution >= 0.6 is 0 Å². The number of nitrogens with one attached hydrogen (secondary N) is 1. The Morgan fingerprint density at radius 2 is 1.93 bits per heavy atom. The number of carbonyl (C=O) groups is 2. The average Bonchev–Trinajstić information content (AvgIpc) is 2.68. The highest BCUT2D eigenvalue weighted by atomic mass is 16.5. The maximum atomic E-state index is 11.7. The quantitative estimate of drug-likeness (QED) is 0.674. The van der Waals surface area contributed by atoms with Crippen LogP contribution in [0.3, 0.4) is 0 Å². The smallest absolute Gasteiger partial charge is 0.290 e. The van der Waals surface area contributed by atoms with E-state index in [-0.39, 0.29) is 19.0 Å². The fourth-order valence-corrected chi connectivity index (χ4v) is 2.67. The lowest BCUT2D eigenvalue weighted by molar-refractivity contribution is -0.123. The van der Waals surface area contributed by atoms with Gasteiger partial charge in [-0.1, -0.05) is 18.2 Å². The predicted molar refractivity (Wildman–Crippen MR) is 106 cm³/mol. The van der Waals surface area contributed by atoms with Gasteiger partial charge in [-0.2, -0.15) is 5.26 Å². The lowest BCUT2D eigenvalue weighted by atomic mass is 10.0. The first-order valence-electron chi connectivity index (χ1n) is 8.31. The molecule has 1 heterocycles. The Labute approximate surface area is 162 Å². The van der Waals surface area contributed by atoms with Crippen molar-refractivity contribution in [3.8, 4) is 17.3 Å². The van der Waals surface area contributed by atoms with Crippen LogP contribution in [0.1, 0.15) is 11.1 Å². The fraction of sp³-hybridized carbons (Fsp3) is 0.143. The van der Waals surface area contributed by atoms with Gasteiger partial charge in [-0.25, -0.2) is 4.98 Å². The van der Waals surface area contributed by atoms with Gasteiger partial charge in [-0.05, 0) is 42.8 Å². The zero-order chi connectivity index (χ0) is 20.5. The molecule has 0 atom stereocenters. The Balaban J connectivity index is 0.000000878. The number of benzene rings is 2. The summed E-state index contributed by atoms with van der Waals surface area (Å²) in [4.78, 5) is 24.8. The highest BCUT2D eigenvalue weighted by Gasteiger charge is 2.08. The number of ether oxygens (including phenoxy) is 1. The molecule has 0 spiro atoms. The molecule has 0 saturated carbocycles. The van der Waals surface area contributed by atoms with E-state index in [1.165, 1.54) is 7.11 Å². The second kappa shape index (κ2) is 9.80. The van der Waals surface area contributed by atoms with Crippen molar-refractivity contribution in [1.82, 2.24) is 4.98 Å². The molecule has 7 nitrogen and oxygen atoms in total. The highest BCUT2D eigenvalue weighted by molar-refractivity contribution is 5.95. The van der Waals surface area contributed by atoms with Gasteiger partial charge < -0.3 is 15.2 Å². The number of methoxy groups -OCH3 is 1. The summed E-state index contributed by atoms with van der Waals surface area (Å²) in [5.41, 5.74) is 4.96. The van der Waals surface area contributed by atoms with Gasteiger partial charge in [0.15, 0.2) is 0 Å². The second-order valence-electron chi connectivity index (χ2n) is 5.83. The maximum absolute atomic E-state index is 11.7. The molecule has 3 aromatic rings. The number of amides is 1. The molecule has 2 N–H and O–H groups in total. The Hall–Kier alpha value is -3.76. The standard InChI is InChI=1S/C20H17N3O2.CH2O2/c1-13-9-18(15-5-3-14(11-21)4-6-15)23-19-10-16(7-8-17(13)19)22-20(24)12-25-2;2-1-3/h3-10H,12H2,1-2H3,(H,22,24);1H,(H,2,3). The van der Waals surface area contributed by atoms with Gasteiger partial charge in [0.1, 0.15) is 6.61 Å². The summed E-state index contributed by atoms with van der Waals surface area (Å²) in [5.74, 6) is -0.207. The zero-order valence-corrected chi connectivity index (χ0v) is 15.5. The van der Waals surface area contributed by atoms with E-state index in [4.69, 9.17) is 24.9 Å². The molecule has 0 unspecified atom stereocenters. The third-order valence-corrected chi connectivity index (χ3v) is 3.89. The van der Waals surface area contributed by atoms with Crippen molar-refractivity contribution in [2.45, 2.75) is 6.92 Å². The van der Waals surface area contributed by atoms with Gasteiger partial charge in [-0.15, -0.1) is 0 Å². The number of carbonyl (C=O) groups excluding carboxylic acids is 1. The van der Waals surface area contributed by atoms with Gasteiger partial charge in [0.2, 0.25) is 5.91 Å². The normalized spacial score (nSPS) is 9.75. The van der Waals surface area contributed by atoms with Gasteiger partial charge in [-0.3, -0.25) is 9.59 Å². The number of hydrogen-bond donors (Lipinski definition) is 2. The average molecular weight is 377 g/mol. The van der Waals surface area contributed by atoms with E-state index in [0.29, 0.717) is 11.3 Å². The summed E-state index contributed by atoms with van der Waals surface area (Å²) in [5, 5.41) is 19.6. The van der Waals surface area contributed by atoms with Crippen LogP contribution in [0.2, 0.25) is 0 Å². The molecule has 7 heteroatoms. The number of carboxylic acid groups (broad SMARTS) is 1. The van der Waals surface area contributed by atoms with Crippen LogP contribution < -0.4 is 5.32 Å². The van der Waals surface area contributed by atoms with Crippen molar-refractivity contribution >= 4 is 29.0 Å². The summed E-state index contributed by atoms with van der Waals surface area (Å²) < 4.78 is 4.83. The van der Waals surface area contributed by atoms with Crippen molar-refractivity contribution in [2.75, 3.05) is 19.0 Å². The van der Waals surface area contributed by atoms with Crippen molar-refractivity contribution in [2.24, 2.45) is 0 Å². The topological polar surface area (TPSA) is 112 Å². The summed E-state index contributed by atoms with van der Waals surface area (Å²) in [6.45, 7) is 1.79. The molecule has 1 aromatic heterocycles. The van der Waals surface area contributed by atoms with Crippen LogP contribution in [0.5, 0.6) is 0 Å². The molecule has 0 bridgehead atoms. The SMILES string of the molecule is COCC(=O)Nc1ccc2c(C)cc(-c3ccc(C#N)cc3)nc2c1.O=CO. The number of rotatable bonds is 4. The number of pyridine rings is 1. The van der Waals surface area contributed by atoms with Gasteiger partial charge in [0.05, 0.1) is 22.8 Å². The molecule has 3 rings (SSSR count). The van der Waals surface area contributed by atoms with Crippen LogP contribution in [-0.2, 0) is 14.3 Å². The van der Waals surface area contributed by atoms with E-state index in [2.05, 4.69) is 11.4 Å². The maximum Gasteiger partial charge on any atom is 0.290 e. The van der Waals surface area contributed by atoms with Gasteiger partial charge in [0, 0.05) is 23.7 Å². The minimum absolute atomic E-state index is 0.00970. The summed E-state index contributed by atoms with van der Waals surface area (Å²) in [7, 11) is 1.48. The van der Waals surface area contributed by atoms with E-state index in [0.717, 1.165) is 27.7 Å². The Bertz CT molecular complexity index is 1020. The molecular formula is C21H19N3O4. The van der Waals surface area contributed by atoms with Crippen LogP contribution in [0, 0.1) is 18.3 Å². The number of fused-ring (bicyclic) bond motifs is 1. The molecule has 0 saturated heterocycles. The molecule has 0 aliphatic rings. The summed E-state index contributed by atoms with van der Waals surface area (Å²) >= 11 is 0. The Morgan fingerprint density at radius 1 is 1.25 bits per heavy atom. The molecule has 2 aromatic carbocycles. The van der Waals surface area contributed by atoms with Crippen molar-refractivity contribution < 1.29 is 19.4 Å². The van der Waals surface area contributed by atoms with Crippen LogP contribution in [0.4, 0.5) is 5.69 Å². The molecule has 28 heavy (non-hydrogen) atoms. The predicted octanol–water partition coefficient (Wildman–Crippen LogP) is 3.37. The molecular weight excluding hydrogens is 358 g/mol. The molecule has 0 aliphatic carbocycles. The van der Waals surface area contributed by atoms with Crippen molar-refractivity contribution in [3.63, 3.8) is 0 Å². The molecule has 142 valence electrons. The Kier molecular flexibility index (Phi) is 7.20. The van der Waals surface area contributed by atoms with Crippen LogP contribution in [-0.4, -0.2) is 36.2 Å². The third kappa shape index (κ3) is 5.13. The lowest BCUT2D eigenvalue weighted by Gasteiger charge is -2.10. The first kappa shape index (κ1) is 20.6. The number of anilines is 1. The largest absolute Gasteiger partial charge is 0.483 e. The number of nitrogens with zero attached hydrogens (tertiary/aromatic N) is 2. The van der Waals surface area contributed by atoms with Gasteiger partial charge in [0.25, 0.3) is 6.47 Å². The summed E-state index contributed by atoms with van der Waals surface area (Å²) in [6, 6.07) is 17.1. The first-order valence-corrected chi connectivity index (χ1v) is 8.31. The monoisotopic (exact) mass is 377 g/mol.